The third-order valence-corrected chi connectivity index (χ3v) is 4.03. The van der Waals surface area contributed by atoms with Crippen molar-refractivity contribution in [2.75, 3.05) is 19.8 Å². The van der Waals surface area contributed by atoms with Gasteiger partial charge in [-0.3, -0.25) is 4.79 Å². The van der Waals surface area contributed by atoms with E-state index in [4.69, 9.17) is 4.74 Å². The molecule has 5 heteroatoms. The lowest BCUT2D eigenvalue weighted by molar-refractivity contribution is 0.0949. The van der Waals surface area contributed by atoms with Gasteiger partial charge in [0.1, 0.15) is 0 Å². The number of halogens is 1. The van der Waals surface area contributed by atoms with Gasteiger partial charge in [0.2, 0.25) is 0 Å². The van der Waals surface area contributed by atoms with Gasteiger partial charge in [-0.25, -0.2) is 0 Å². The maximum absolute atomic E-state index is 12.0. The second-order valence-electron chi connectivity index (χ2n) is 4.44. The molecule has 0 aliphatic carbocycles. The molecule has 0 bridgehead atoms. The molecule has 0 spiro atoms. The van der Waals surface area contributed by atoms with Crippen LogP contribution in [0.4, 0.5) is 0 Å². The number of thiol groups is 1. The minimum absolute atomic E-state index is 0.0586. The first-order valence-corrected chi connectivity index (χ1v) is 7.25. The summed E-state index contributed by atoms with van der Waals surface area (Å²) in [6.07, 6.45) is 2.08. The molecule has 98 valence electrons. The molecule has 1 aliphatic heterocycles. The number of hydrogen-bond acceptors (Lipinski definition) is 3. The van der Waals surface area contributed by atoms with Gasteiger partial charge in [0.15, 0.2) is 0 Å². The van der Waals surface area contributed by atoms with E-state index in [1.54, 1.807) is 6.07 Å². The minimum atomic E-state index is -0.0586. The van der Waals surface area contributed by atoms with Gasteiger partial charge >= 0.3 is 0 Å². The van der Waals surface area contributed by atoms with Crippen LogP contribution in [0.3, 0.4) is 0 Å². The van der Waals surface area contributed by atoms with Crippen molar-refractivity contribution < 1.29 is 9.53 Å². The average Bonchev–Trinajstić information content (AvgIpc) is 2.85. The zero-order valence-electron chi connectivity index (χ0n) is 9.99. The van der Waals surface area contributed by atoms with Crippen molar-refractivity contribution in [2.45, 2.75) is 17.7 Å². The van der Waals surface area contributed by atoms with E-state index in [1.165, 1.54) is 0 Å². The normalized spacial score (nSPS) is 18.9. The van der Waals surface area contributed by atoms with Crippen molar-refractivity contribution in [2.24, 2.45) is 5.92 Å². The van der Waals surface area contributed by atoms with Crippen LogP contribution in [0, 0.1) is 5.92 Å². The van der Waals surface area contributed by atoms with Gasteiger partial charge in [-0.15, -0.1) is 12.6 Å². The quantitative estimate of drug-likeness (QED) is 0.833. The Kier molecular flexibility index (Phi) is 5.09. The predicted octanol–water partition coefficient (Wildman–Crippen LogP) is 2.89. The van der Waals surface area contributed by atoms with E-state index in [9.17, 15) is 4.79 Å². The maximum Gasteiger partial charge on any atom is 0.252 e. The number of benzene rings is 1. The Morgan fingerprint density at radius 2 is 2.39 bits per heavy atom. The van der Waals surface area contributed by atoms with Crippen molar-refractivity contribution in [3.05, 3.63) is 28.2 Å². The monoisotopic (exact) mass is 329 g/mol. The molecule has 1 atom stereocenters. The lowest BCUT2D eigenvalue weighted by Crippen LogP contribution is -2.26. The van der Waals surface area contributed by atoms with Crippen molar-refractivity contribution >= 4 is 34.5 Å². The highest BCUT2D eigenvalue weighted by molar-refractivity contribution is 9.10. The Morgan fingerprint density at radius 3 is 3.11 bits per heavy atom. The van der Waals surface area contributed by atoms with Crippen LogP contribution in [-0.4, -0.2) is 25.7 Å². The van der Waals surface area contributed by atoms with Gasteiger partial charge in [-0.05, 0) is 52.9 Å². The van der Waals surface area contributed by atoms with Crippen LogP contribution in [0.1, 0.15) is 23.2 Å². The van der Waals surface area contributed by atoms with Gasteiger partial charge in [-0.2, -0.15) is 0 Å². The number of ether oxygens (including phenoxy) is 1. The molecule has 18 heavy (non-hydrogen) atoms. The maximum atomic E-state index is 12.0. The molecule has 1 fully saturated rings. The van der Waals surface area contributed by atoms with Crippen LogP contribution in [0.25, 0.3) is 0 Å². The molecule has 0 radical (unpaired) electrons. The van der Waals surface area contributed by atoms with Crippen molar-refractivity contribution in [3.8, 4) is 0 Å². The molecule has 0 aromatic heterocycles. The molecule has 1 unspecified atom stereocenters. The molecular weight excluding hydrogens is 314 g/mol. The topological polar surface area (TPSA) is 38.3 Å². The second-order valence-corrected chi connectivity index (χ2v) is 5.81. The third-order valence-electron chi connectivity index (χ3n) is 3.06. The van der Waals surface area contributed by atoms with E-state index in [1.807, 2.05) is 12.1 Å². The van der Waals surface area contributed by atoms with Crippen LogP contribution in [0.15, 0.2) is 27.6 Å². The highest BCUT2D eigenvalue weighted by Gasteiger charge is 2.16. The van der Waals surface area contributed by atoms with Gasteiger partial charge < -0.3 is 10.1 Å². The molecule has 1 N–H and O–H groups in total. The van der Waals surface area contributed by atoms with E-state index >= 15 is 0 Å². The zero-order valence-corrected chi connectivity index (χ0v) is 12.5. The summed E-state index contributed by atoms with van der Waals surface area (Å²) in [4.78, 5) is 12.8. The number of nitrogens with one attached hydrogen (secondary N) is 1. The number of hydrogen-bond donors (Lipinski definition) is 2. The Bertz CT molecular complexity index is 433. The smallest absolute Gasteiger partial charge is 0.252 e. The first kappa shape index (κ1) is 13.9. The van der Waals surface area contributed by atoms with E-state index in [0.29, 0.717) is 18.0 Å². The summed E-state index contributed by atoms with van der Waals surface area (Å²) in [5.41, 5.74) is 0.630. The fourth-order valence-corrected chi connectivity index (χ4v) is 2.61. The van der Waals surface area contributed by atoms with Crippen molar-refractivity contribution in [1.82, 2.24) is 5.32 Å². The summed E-state index contributed by atoms with van der Waals surface area (Å²) in [6.45, 7) is 2.37. The molecule has 3 nitrogen and oxygen atoms in total. The Labute approximate surface area is 121 Å². The second kappa shape index (κ2) is 6.59. The van der Waals surface area contributed by atoms with Crippen LogP contribution in [-0.2, 0) is 4.74 Å². The summed E-state index contributed by atoms with van der Waals surface area (Å²) in [7, 11) is 0. The SMILES string of the molecule is O=C(NCCC1CCOC1)c1cc(S)ccc1Br. The number of carbonyl (C=O) groups excluding carboxylic acids is 1. The molecule has 1 saturated heterocycles. The van der Waals surface area contributed by atoms with Crippen molar-refractivity contribution in [1.29, 1.82) is 0 Å². The largest absolute Gasteiger partial charge is 0.381 e. The van der Waals surface area contributed by atoms with Crippen LogP contribution >= 0.6 is 28.6 Å². The Balaban J connectivity index is 1.85. The Morgan fingerprint density at radius 1 is 1.56 bits per heavy atom. The number of carbonyl (C=O) groups is 1. The first-order valence-electron chi connectivity index (χ1n) is 6.01. The zero-order chi connectivity index (χ0) is 13.0. The van der Waals surface area contributed by atoms with Crippen LogP contribution < -0.4 is 5.32 Å². The lowest BCUT2D eigenvalue weighted by atomic mass is 10.1. The highest BCUT2D eigenvalue weighted by atomic mass is 79.9. The molecular formula is C13H16BrNO2S. The summed E-state index contributed by atoms with van der Waals surface area (Å²) in [5, 5.41) is 2.94. The van der Waals surface area contributed by atoms with Gasteiger partial charge in [0.05, 0.1) is 5.56 Å². The number of rotatable bonds is 4. The van der Waals surface area contributed by atoms with Crippen LogP contribution in [0.2, 0.25) is 0 Å². The Hall–Kier alpha value is -0.520. The number of amides is 1. The summed E-state index contributed by atoms with van der Waals surface area (Å²) in [5.74, 6) is 0.529. The van der Waals surface area contributed by atoms with Crippen molar-refractivity contribution in [3.63, 3.8) is 0 Å². The third kappa shape index (κ3) is 3.73. The van der Waals surface area contributed by atoms with Gasteiger partial charge in [0, 0.05) is 29.1 Å². The standard InChI is InChI=1S/C13H16BrNO2S/c14-12-2-1-10(18)7-11(12)13(16)15-5-3-9-4-6-17-8-9/h1-2,7,9,18H,3-6,8H2,(H,15,16). The molecule has 1 aromatic carbocycles. The average molecular weight is 330 g/mol. The fourth-order valence-electron chi connectivity index (χ4n) is 1.98. The fraction of sp³-hybridized carbons (Fsp3) is 0.462. The first-order chi connectivity index (χ1) is 8.66. The van der Waals surface area contributed by atoms with E-state index < -0.39 is 0 Å². The molecule has 1 amide bonds. The predicted molar refractivity (Wildman–Crippen MR) is 77.3 cm³/mol. The molecule has 1 heterocycles. The van der Waals surface area contributed by atoms with E-state index in [0.717, 1.165) is 35.4 Å². The molecule has 2 rings (SSSR count). The van der Waals surface area contributed by atoms with Gasteiger partial charge in [-0.1, -0.05) is 0 Å². The summed E-state index contributed by atoms with van der Waals surface area (Å²) < 4.78 is 6.10. The van der Waals surface area contributed by atoms with Gasteiger partial charge in [0.25, 0.3) is 5.91 Å². The minimum Gasteiger partial charge on any atom is -0.381 e. The lowest BCUT2D eigenvalue weighted by Gasteiger charge is -2.10. The molecule has 1 aliphatic rings. The van der Waals surface area contributed by atoms with E-state index in [2.05, 4.69) is 33.9 Å². The van der Waals surface area contributed by atoms with E-state index in [-0.39, 0.29) is 5.91 Å². The van der Waals surface area contributed by atoms with Crippen LogP contribution in [0.5, 0.6) is 0 Å². The highest BCUT2D eigenvalue weighted by Crippen LogP contribution is 2.20. The summed E-state index contributed by atoms with van der Waals surface area (Å²) >= 11 is 7.62. The molecule has 0 saturated carbocycles. The molecule has 1 aromatic rings. The summed E-state index contributed by atoms with van der Waals surface area (Å²) in [6, 6.07) is 5.45.